The number of carbonyl (C=O) groups is 1. The van der Waals surface area contributed by atoms with Crippen molar-refractivity contribution >= 4 is 32.6 Å². The smallest absolute Gasteiger partial charge is 0.278 e. The molecule has 160 valence electrons. The van der Waals surface area contributed by atoms with E-state index in [4.69, 9.17) is 19.2 Å². The molecule has 1 aliphatic heterocycles. The highest BCUT2D eigenvalue weighted by atomic mass is 32.1. The van der Waals surface area contributed by atoms with Crippen molar-refractivity contribution in [3.63, 3.8) is 0 Å². The molecule has 0 bridgehead atoms. The van der Waals surface area contributed by atoms with E-state index in [-0.39, 0.29) is 5.91 Å². The van der Waals surface area contributed by atoms with Gasteiger partial charge in [-0.2, -0.15) is 5.10 Å². The maximum absolute atomic E-state index is 13.4. The summed E-state index contributed by atoms with van der Waals surface area (Å²) in [6.45, 7) is 4.38. The molecule has 1 saturated heterocycles. The number of thiazole rings is 1. The van der Waals surface area contributed by atoms with Gasteiger partial charge >= 0.3 is 0 Å². The number of hydrogen-bond acceptors (Lipinski definition) is 8. The summed E-state index contributed by atoms with van der Waals surface area (Å²) < 4.78 is 18.8. The van der Waals surface area contributed by atoms with Crippen molar-refractivity contribution in [2.75, 3.05) is 58.5 Å². The van der Waals surface area contributed by atoms with E-state index >= 15 is 0 Å². The Balaban J connectivity index is 1.71. The van der Waals surface area contributed by atoms with Crippen LogP contribution in [0.1, 0.15) is 10.5 Å². The number of rotatable bonds is 7. The summed E-state index contributed by atoms with van der Waals surface area (Å²) in [6.07, 6.45) is 1.62. The highest BCUT2D eigenvalue weighted by Gasteiger charge is 2.26. The summed E-state index contributed by atoms with van der Waals surface area (Å²) in [7, 11) is 4.99. The zero-order valence-corrected chi connectivity index (χ0v) is 18.1. The van der Waals surface area contributed by atoms with Gasteiger partial charge in [-0.3, -0.25) is 19.3 Å². The van der Waals surface area contributed by atoms with Crippen LogP contribution in [-0.4, -0.2) is 79.2 Å². The van der Waals surface area contributed by atoms with Crippen LogP contribution < -0.4 is 14.4 Å². The Morgan fingerprint density at radius 3 is 2.60 bits per heavy atom. The van der Waals surface area contributed by atoms with Crippen molar-refractivity contribution in [1.29, 1.82) is 0 Å². The van der Waals surface area contributed by atoms with E-state index in [1.165, 1.54) is 11.3 Å². The Bertz CT molecular complexity index is 987. The number of anilines is 1. The SMILES string of the molecule is COc1ccc(OC)c2sc(N(CCN3CCOCC3)C(=O)c3ccnn3C)nc12. The third-order valence-electron chi connectivity index (χ3n) is 5.16. The average molecular weight is 432 g/mol. The molecule has 0 unspecified atom stereocenters. The number of carbonyl (C=O) groups excluding carboxylic acids is 1. The van der Waals surface area contributed by atoms with E-state index in [0.29, 0.717) is 47.6 Å². The van der Waals surface area contributed by atoms with Crippen molar-refractivity contribution in [3.8, 4) is 11.5 Å². The normalized spacial score (nSPS) is 14.8. The minimum absolute atomic E-state index is 0.139. The molecule has 9 nitrogen and oxygen atoms in total. The molecule has 1 amide bonds. The minimum atomic E-state index is -0.139. The fraction of sp³-hybridized carbons (Fsp3) is 0.450. The summed E-state index contributed by atoms with van der Waals surface area (Å²) in [6, 6.07) is 5.40. The lowest BCUT2D eigenvalue weighted by Crippen LogP contribution is -2.43. The van der Waals surface area contributed by atoms with Crippen LogP contribution in [0, 0.1) is 0 Å². The molecule has 0 saturated carbocycles. The van der Waals surface area contributed by atoms with Gasteiger partial charge in [0, 0.05) is 39.4 Å². The van der Waals surface area contributed by atoms with Gasteiger partial charge in [0.05, 0.1) is 27.4 Å². The van der Waals surface area contributed by atoms with Crippen LogP contribution >= 0.6 is 11.3 Å². The third-order valence-corrected chi connectivity index (χ3v) is 6.25. The first-order valence-corrected chi connectivity index (χ1v) is 10.6. The van der Waals surface area contributed by atoms with E-state index in [9.17, 15) is 4.79 Å². The van der Waals surface area contributed by atoms with Gasteiger partial charge in [0.1, 0.15) is 27.4 Å². The van der Waals surface area contributed by atoms with Crippen molar-refractivity contribution in [1.82, 2.24) is 19.7 Å². The highest BCUT2D eigenvalue weighted by Crippen LogP contribution is 2.40. The highest BCUT2D eigenvalue weighted by molar-refractivity contribution is 7.22. The molecule has 3 aromatic rings. The summed E-state index contributed by atoms with van der Waals surface area (Å²) >= 11 is 1.42. The van der Waals surface area contributed by atoms with Gasteiger partial charge in [0.15, 0.2) is 5.13 Å². The molecule has 10 heteroatoms. The molecule has 4 rings (SSSR count). The largest absolute Gasteiger partial charge is 0.495 e. The van der Waals surface area contributed by atoms with Gasteiger partial charge in [0.25, 0.3) is 5.91 Å². The zero-order valence-electron chi connectivity index (χ0n) is 17.3. The predicted octanol–water partition coefficient (Wildman–Crippen LogP) is 2.03. The van der Waals surface area contributed by atoms with Crippen molar-refractivity contribution in [3.05, 3.63) is 30.1 Å². The molecule has 1 aromatic carbocycles. The molecule has 0 radical (unpaired) electrons. The zero-order chi connectivity index (χ0) is 21.1. The van der Waals surface area contributed by atoms with Gasteiger partial charge in [-0.05, 0) is 18.2 Å². The van der Waals surface area contributed by atoms with Crippen molar-refractivity contribution in [2.45, 2.75) is 0 Å². The molecule has 2 aromatic heterocycles. The first kappa shape index (κ1) is 20.6. The molecule has 0 spiro atoms. The van der Waals surface area contributed by atoms with E-state index < -0.39 is 0 Å². The van der Waals surface area contributed by atoms with E-state index in [2.05, 4.69) is 10.00 Å². The molecule has 0 aliphatic carbocycles. The molecule has 0 atom stereocenters. The Labute approximate surface area is 178 Å². The number of benzene rings is 1. The number of aromatic nitrogens is 3. The summed E-state index contributed by atoms with van der Waals surface area (Å²) in [5.74, 6) is 1.21. The fourth-order valence-electron chi connectivity index (χ4n) is 3.46. The lowest BCUT2D eigenvalue weighted by molar-refractivity contribution is 0.0391. The number of ether oxygens (including phenoxy) is 3. The number of hydrogen-bond donors (Lipinski definition) is 0. The first-order chi connectivity index (χ1) is 14.6. The standard InChI is InChI=1S/C20H25N5O4S/c1-23-14(6-7-21-23)19(26)25(9-8-24-10-12-29-13-11-24)20-22-17-15(27-2)4-5-16(28-3)18(17)30-20/h4-7H,8-13H2,1-3H3. The summed E-state index contributed by atoms with van der Waals surface area (Å²) in [5.41, 5.74) is 1.20. The molecule has 3 heterocycles. The fourth-order valence-corrected chi connectivity index (χ4v) is 4.56. The second-order valence-corrected chi connectivity index (χ2v) is 7.87. The summed E-state index contributed by atoms with van der Waals surface area (Å²) in [4.78, 5) is 22.2. The van der Waals surface area contributed by atoms with E-state index in [0.717, 1.165) is 24.3 Å². The Hall–Kier alpha value is -2.69. The second kappa shape index (κ2) is 8.99. The van der Waals surface area contributed by atoms with Crippen LogP contribution in [0.4, 0.5) is 5.13 Å². The van der Waals surface area contributed by atoms with Crippen LogP contribution in [0.15, 0.2) is 24.4 Å². The first-order valence-electron chi connectivity index (χ1n) is 9.74. The molecule has 30 heavy (non-hydrogen) atoms. The van der Waals surface area contributed by atoms with Gasteiger partial charge in [0.2, 0.25) is 0 Å². The van der Waals surface area contributed by atoms with Gasteiger partial charge < -0.3 is 14.2 Å². The van der Waals surface area contributed by atoms with Crippen LogP contribution in [-0.2, 0) is 11.8 Å². The number of nitrogens with zero attached hydrogens (tertiary/aromatic N) is 5. The lowest BCUT2D eigenvalue weighted by Gasteiger charge is -2.29. The van der Waals surface area contributed by atoms with E-state index in [1.807, 2.05) is 12.1 Å². The average Bonchev–Trinajstić information content (AvgIpc) is 3.40. The second-order valence-electron chi connectivity index (χ2n) is 6.90. The topological polar surface area (TPSA) is 82.0 Å². The van der Waals surface area contributed by atoms with Crippen LogP contribution in [0.25, 0.3) is 10.2 Å². The van der Waals surface area contributed by atoms with Crippen molar-refractivity contribution in [2.24, 2.45) is 7.05 Å². The van der Waals surface area contributed by atoms with Crippen LogP contribution in [0.5, 0.6) is 11.5 Å². The number of morpholine rings is 1. The molecular formula is C20H25N5O4S. The van der Waals surface area contributed by atoms with Crippen molar-refractivity contribution < 1.29 is 19.0 Å². The molecule has 1 fully saturated rings. The molecule has 1 aliphatic rings. The quantitative estimate of drug-likeness (QED) is 0.566. The number of amides is 1. The Kier molecular flexibility index (Phi) is 6.16. The minimum Gasteiger partial charge on any atom is -0.495 e. The maximum atomic E-state index is 13.4. The molecular weight excluding hydrogens is 406 g/mol. The van der Waals surface area contributed by atoms with Crippen LogP contribution in [0.2, 0.25) is 0 Å². The van der Waals surface area contributed by atoms with Crippen LogP contribution in [0.3, 0.4) is 0 Å². The summed E-state index contributed by atoms with van der Waals surface area (Å²) in [5, 5.41) is 4.75. The van der Waals surface area contributed by atoms with Gasteiger partial charge in [-0.25, -0.2) is 4.98 Å². The Morgan fingerprint density at radius 2 is 1.93 bits per heavy atom. The van der Waals surface area contributed by atoms with Gasteiger partial charge in [-0.1, -0.05) is 11.3 Å². The lowest BCUT2D eigenvalue weighted by atomic mass is 10.3. The third kappa shape index (κ3) is 3.98. The number of aryl methyl sites for hydroxylation is 1. The monoisotopic (exact) mass is 431 g/mol. The molecule has 0 N–H and O–H groups in total. The maximum Gasteiger partial charge on any atom is 0.278 e. The number of fused-ring (bicyclic) bond motifs is 1. The van der Waals surface area contributed by atoms with E-state index in [1.54, 1.807) is 43.1 Å². The number of methoxy groups -OCH3 is 2. The predicted molar refractivity (Wildman–Crippen MR) is 115 cm³/mol. The Morgan fingerprint density at radius 1 is 1.20 bits per heavy atom. The van der Waals surface area contributed by atoms with Gasteiger partial charge in [-0.15, -0.1) is 0 Å².